The number of benzene rings is 1. The first kappa shape index (κ1) is 25.3. The van der Waals surface area contributed by atoms with Crippen molar-refractivity contribution in [1.82, 2.24) is 0 Å². The maximum absolute atomic E-state index is 13.2. The van der Waals surface area contributed by atoms with Gasteiger partial charge in [-0.2, -0.15) is 8.42 Å². The van der Waals surface area contributed by atoms with Crippen LogP contribution in [0.3, 0.4) is 0 Å². The average Bonchev–Trinajstić information content (AvgIpc) is 3.08. The number of hydrogen-bond acceptors (Lipinski definition) is 8. The van der Waals surface area contributed by atoms with Crippen LogP contribution in [0.4, 0.5) is 13.7 Å². The summed E-state index contributed by atoms with van der Waals surface area (Å²) in [5, 5.41) is 2.17. The van der Waals surface area contributed by atoms with E-state index < -0.39 is 43.4 Å². The van der Waals surface area contributed by atoms with Crippen molar-refractivity contribution in [3.05, 3.63) is 46.3 Å². The Morgan fingerprint density at radius 3 is 2.42 bits per heavy atom. The Kier molecular flexibility index (Phi) is 8.28. The minimum absolute atomic E-state index is 0.0194. The zero-order chi connectivity index (χ0) is 23.4. The Labute approximate surface area is 195 Å². The third-order valence-corrected chi connectivity index (χ3v) is 5.61. The summed E-state index contributed by atoms with van der Waals surface area (Å²) in [7, 11) is -5.03. The Balaban J connectivity index is 2.36. The molecule has 14 heteroatoms. The highest BCUT2D eigenvalue weighted by atomic mass is 35.6. The van der Waals surface area contributed by atoms with E-state index in [1.54, 1.807) is 6.92 Å². The lowest BCUT2D eigenvalue weighted by Crippen LogP contribution is -2.21. The van der Waals surface area contributed by atoms with Gasteiger partial charge >= 0.3 is 22.3 Å². The first-order valence-corrected chi connectivity index (χ1v) is 11.6. The van der Waals surface area contributed by atoms with Crippen LogP contribution in [0.2, 0.25) is 0 Å². The van der Waals surface area contributed by atoms with Gasteiger partial charge in [-0.05, 0) is 25.1 Å². The van der Waals surface area contributed by atoms with Gasteiger partial charge in [0.15, 0.2) is 0 Å². The van der Waals surface area contributed by atoms with E-state index in [0.717, 1.165) is 18.2 Å². The molecule has 8 nitrogen and oxygen atoms in total. The number of amides is 1. The zero-order valence-electron chi connectivity index (χ0n) is 15.5. The van der Waals surface area contributed by atoms with Gasteiger partial charge in [-0.25, -0.2) is 9.59 Å². The molecule has 0 aliphatic rings. The number of nitrogens with one attached hydrogen (secondary N) is 1. The third-order valence-electron chi connectivity index (χ3n) is 3.41. The maximum Gasteiger partial charge on any atom is 0.412 e. The van der Waals surface area contributed by atoms with Crippen molar-refractivity contribution < 1.29 is 36.2 Å². The van der Waals surface area contributed by atoms with Gasteiger partial charge in [-0.15, -0.1) is 15.2 Å². The van der Waals surface area contributed by atoms with Crippen molar-refractivity contribution in [1.29, 1.82) is 0 Å². The van der Waals surface area contributed by atoms with E-state index in [9.17, 15) is 26.7 Å². The van der Waals surface area contributed by atoms with Crippen LogP contribution in [0.15, 0.2) is 35.2 Å². The summed E-state index contributed by atoms with van der Waals surface area (Å²) in [6, 6.07) is 5.43. The van der Waals surface area contributed by atoms with Crippen molar-refractivity contribution in [3.8, 4) is 0 Å². The molecular weight excluding hydrogens is 520 g/mol. The summed E-state index contributed by atoms with van der Waals surface area (Å²) >= 11 is 17.2. The Bertz CT molecular complexity index is 1110. The number of carbonyl (C=O) groups excluding carboxylic acids is 3. The van der Waals surface area contributed by atoms with Gasteiger partial charge in [0.25, 0.3) is 0 Å². The molecule has 2 aromatic rings. The quantitative estimate of drug-likeness (QED) is 0.237. The number of ether oxygens (including phenoxy) is 2. The Hall–Kier alpha value is -1.92. The molecule has 0 saturated heterocycles. The van der Waals surface area contributed by atoms with Crippen LogP contribution in [0.5, 0.6) is 0 Å². The third kappa shape index (κ3) is 7.32. The van der Waals surface area contributed by atoms with Crippen LogP contribution in [-0.2, 0) is 19.7 Å². The normalized spacial score (nSPS) is 11.6. The summed E-state index contributed by atoms with van der Waals surface area (Å²) in [5.74, 6) is -1.56. The van der Waals surface area contributed by atoms with Gasteiger partial charge < -0.3 is 9.47 Å². The summed E-state index contributed by atoms with van der Waals surface area (Å²) in [6.45, 7) is 0.993. The van der Waals surface area contributed by atoms with E-state index in [4.69, 9.17) is 44.3 Å². The predicted molar refractivity (Wildman–Crippen MR) is 114 cm³/mol. The van der Waals surface area contributed by atoms with Gasteiger partial charge in [0.1, 0.15) is 11.6 Å². The van der Waals surface area contributed by atoms with Crippen LogP contribution >= 0.6 is 46.1 Å². The molecule has 0 bridgehead atoms. The molecule has 0 spiro atoms. The molecule has 0 fully saturated rings. The van der Waals surface area contributed by atoms with Crippen molar-refractivity contribution in [2.75, 3.05) is 18.5 Å². The largest absolute Gasteiger partial charge is 0.462 e. The van der Waals surface area contributed by atoms with E-state index in [1.165, 1.54) is 12.1 Å². The zero-order valence-corrected chi connectivity index (χ0v) is 19.4. The molecule has 0 aliphatic carbocycles. The van der Waals surface area contributed by atoms with Crippen LogP contribution in [0.1, 0.15) is 32.5 Å². The molecule has 31 heavy (non-hydrogen) atoms. The van der Waals surface area contributed by atoms with E-state index in [1.807, 2.05) is 0 Å². The molecule has 1 N–H and O–H groups in total. The highest BCUT2D eigenvalue weighted by molar-refractivity contribution is 7.86. The van der Waals surface area contributed by atoms with Gasteiger partial charge in [0.2, 0.25) is 9.58 Å². The lowest BCUT2D eigenvalue weighted by molar-refractivity contribution is 0.0528. The fourth-order valence-electron chi connectivity index (χ4n) is 2.16. The van der Waals surface area contributed by atoms with Crippen molar-refractivity contribution >= 4 is 79.2 Å². The van der Waals surface area contributed by atoms with Gasteiger partial charge in [0.05, 0.1) is 21.9 Å². The van der Waals surface area contributed by atoms with E-state index in [0.29, 0.717) is 11.3 Å². The van der Waals surface area contributed by atoms with Gasteiger partial charge in [-0.3, -0.25) is 10.1 Å². The average molecular weight is 533 g/mol. The number of anilines is 1. The Morgan fingerprint density at radius 1 is 1.16 bits per heavy atom. The number of ketones is 1. The number of hydrogen-bond donors (Lipinski definition) is 1. The molecular formula is C17H13Cl3FNO7S2. The summed E-state index contributed by atoms with van der Waals surface area (Å²) in [4.78, 5) is 36.2. The number of esters is 1. The molecule has 0 atom stereocenters. The second-order valence-electron chi connectivity index (χ2n) is 5.69. The molecule has 0 saturated carbocycles. The van der Waals surface area contributed by atoms with Crippen LogP contribution < -0.4 is 5.32 Å². The highest BCUT2D eigenvalue weighted by Crippen LogP contribution is 2.32. The molecule has 2 rings (SSSR count). The van der Waals surface area contributed by atoms with E-state index in [2.05, 4.69) is 5.32 Å². The van der Waals surface area contributed by atoms with Crippen molar-refractivity contribution in [2.45, 2.75) is 15.6 Å². The topological polar surface area (TPSA) is 116 Å². The maximum atomic E-state index is 13.2. The second kappa shape index (κ2) is 10.1. The molecule has 1 aromatic heterocycles. The predicted octanol–water partition coefficient (Wildman–Crippen LogP) is 4.73. The SMILES string of the molecule is CCOC(=O)c1cc(C(=O)c2cccc(S(=O)(=O)F)c2)sc1NC(=O)OCC(Cl)(Cl)Cl. The fraction of sp³-hybridized carbons (Fsp3) is 0.235. The van der Waals surface area contributed by atoms with Crippen molar-refractivity contribution in [3.63, 3.8) is 0 Å². The summed E-state index contributed by atoms with van der Waals surface area (Å²) < 4.78 is 43.2. The number of rotatable bonds is 7. The number of thiophene rings is 1. The second-order valence-corrected chi connectivity index (χ2v) is 10.6. The van der Waals surface area contributed by atoms with E-state index in [-0.39, 0.29) is 27.6 Å². The molecule has 0 radical (unpaired) electrons. The molecule has 1 aromatic carbocycles. The highest BCUT2D eigenvalue weighted by Gasteiger charge is 2.26. The minimum Gasteiger partial charge on any atom is -0.462 e. The smallest absolute Gasteiger partial charge is 0.412 e. The first-order chi connectivity index (χ1) is 14.3. The first-order valence-electron chi connectivity index (χ1n) is 8.22. The lowest BCUT2D eigenvalue weighted by atomic mass is 10.1. The number of carbonyl (C=O) groups is 3. The molecule has 168 valence electrons. The number of halogens is 4. The standard InChI is InChI=1S/C17H13Cl3FNO7S2/c1-2-28-15(24)11-7-12(30-14(11)22-16(25)29-8-17(18,19)20)13(23)9-4-3-5-10(6-9)31(21,26)27/h3-7H,2,8H2,1H3,(H,22,25). The monoisotopic (exact) mass is 531 g/mol. The van der Waals surface area contributed by atoms with Crippen molar-refractivity contribution in [2.24, 2.45) is 0 Å². The molecule has 0 unspecified atom stereocenters. The Morgan fingerprint density at radius 2 is 1.84 bits per heavy atom. The molecule has 1 heterocycles. The minimum atomic E-state index is -5.03. The molecule has 1 amide bonds. The number of alkyl halides is 3. The molecule has 0 aliphatic heterocycles. The van der Waals surface area contributed by atoms with Gasteiger partial charge in [0, 0.05) is 5.56 Å². The lowest BCUT2D eigenvalue weighted by Gasteiger charge is -2.11. The van der Waals surface area contributed by atoms with Crippen LogP contribution in [0.25, 0.3) is 0 Å². The van der Waals surface area contributed by atoms with Gasteiger partial charge in [-0.1, -0.05) is 46.9 Å². The van der Waals surface area contributed by atoms with E-state index >= 15 is 0 Å². The summed E-state index contributed by atoms with van der Waals surface area (Å²) in [6.07, 6.45) is -1.07. The van der Waals surface area contributed by atoms with Crippen LogP contribution in [0, 0.1) is 0 Å². The fourth-order valence-corrected chi connectivity index (χ4v) is 3.83. The van der Waals surface area contributed by atoms with Crippen LogP contribution in [-0.4, -0.2) is 43.3 Å². The summed E-state index contributed by atoms with van der Waals surface area (Å²) in [5.41, 5.74) is -0.309.